The van der Waals surface area contributed by atoms with E-state index < -0.39 is 12.1 Å². The highest BCUT2D eigenvalue weighted by atomic mass is 19.4. The van der Waals surface area contributed by atoms with Crippen molar-refractivity contribution in [2.75, 3.05) is 0 Å². The zero-order valence-corrected chi connectivity index (χ0v) is 13.6. The molecule has 4 N–H and O–H groups in total. The number of halogens is 3. The van der Waals surface area contributed by atoms with Gasteiger partial charge in [0, 0.05) is 17.9 Å². The number of rotatable bonds is 3. The molecule has 1 aliphatic carbocycles. The topological polar surface area (TPSA) is 93.5 Å². The number of aromatic amines is 3. The third-order valence-corrected chi connectivity index (χ3v) is 4.27. The van der Waals surface area contributed by atoms with Gasteiger partial charge >= 0.3 is 12.1 Å². The molecule has 0 spiro atoms. The van der Waals surface area contributed by atoms with E-state index >= 15 is 0 Å². The van der Waals surface area contributed by atoms with Crippen molar-refractivity contribution in [1.82, 2.24) is 20.5 Å². The highest BCUT2D eigenvalue weighted by molar-refractivity contribution is 5.81. The molecule has 2 aromatic heterocycles. The number of aryl methyl sites for hydroxylation is 1. The summed E-state index contributed by atoms with van der Waals surface area (Å²) in [5.74, 6) is -1.98. The van der Waals surface area contributed by atoms with Crippen molar-refractivity contribution in [3.8, 4) is 0 Å². The zero-order valence-electron chi connectivity index (χ0n) is 13.6. The Labute approximate surface area is 139 Å². The lowest BCUT2D eigenvalue weighted by Crippen LogP contribution is -2.36. The minimum absolute atomic E-state index is 0.242. The van der Waals surface area contributed by atoms with Crippen molar-refractivity contribution < 1.29 is 18.0 Å². The van der Waals surface area contributed by atoms with Crippen LogP contribution in [0, 0.1) is 13.8 Å². The van der Waals surface area contributed by atoms with Crippen LogP contribution in [0.2, 0.25) is 0 Å². The van der Waals surface area contributed by atoms with E-state index in [0.29, 0.717) is 27.7 Å². The van der Waals surface area contributed by atoms with Crippen LogP contribution in [0.15, 0.2) is 4.79 Å². The fourth-order valence-corrected chi connectivity index (χ4v) is 2.73. The Bertz CT molecular complexity index is 1000. The van der Waals surface area contributed by atoms with Crippen molar-refractivity contribution in [3.05, 3.63) is 43.4 Å². The molecule has 25 heavy (non-hydrogen) atoms. The van der Waals surface area contributed by atoms with Gasteiger partial charge in [-0.2, -0.15) is 13.2 Å². The monoisotopic (exact) mass is 354 g/mol. The normalized spacial score (nSPS) is 14.9. The van der Waals surface area contributed by atoms with E-state index in [1.165, 1.54) is 0 Å². The first-order valence-electron chi connectivity index (χ1n) is 7.72. The number of hydrogen-bond acceptors (Lipinski definition) is 2. The number of H-pyrrole nitrogens is 3. The number of carbonyl (C=O) groups excluding carboxylic acids is 1. The molecule has 0 bridgehead atoms. The molecule has 1 amide bonds. The maximum absolute atomic E-state index is 12.3. The molecule has 1 aliphatic rings. The predicted octanol–water partition coefficient (Wildman–Crippen LogP) is 0.600. The summed E-state index contributed by atoms with van der Waals surface area (Å²) in [6.45, 7) is 3.20. The quantitative estimate of drug-likeness (QED) is 0.650. The fraction of sp³-hybridized carbons (Fsp3) is 0.375. The maximum atomic E-state index is 12.3. The third-order valence-electron chi connectivity index (χ3n) is 4.27. The number of aromatic nitrogens is 3. The second-order valence-electron chi connectivity index (χ2n) is 6.06. The standard InChI is InChI=1S/C16H17F3N4O2/c1-7-11(6-20-15(25)16(17,18)19)8(2)21-12(7)5-10-13(9-3-4-9)22-23-14(10)24/h5,21-22H,3-4,6H2,1-2H3,(H,20,25)(H,23,24). The summed E-state index contributed by atoms with van der Waals surface area (Å²) in [4.78, 5) is 26.0. The van der Waals surface area contributed by atoms with E-state index in [9.17, 15) is 22.8 Å². The Morgan fingerprint density at radius 1 is 1.24 bits per heavy atom. The lowest BCUT2D eigenvalue weighted by atomic mass is 10.1. The molecule has 134 valence electrons. The van der Waals surface area contributed by atoms with Crippen LogP contribution < -0.4 is 21.4 Å². The van der Waals surface area contributed by atoms with E-state index in [4.69, 9.17) is 0 Å². The van der Waals surface area contributed by atoms with Gasteiger partial charge in [-0.3, -0.25) is 19.8 Å². The Kier molecular flexibility index (Phi) is 4.09. The smallest absolute Gasteiger partial charge is 0.359 e. The lowest BCUT2D eigenvalue weighted by Gasteiger charge is -2.08. The summed E-state index contributed by atoms with van der Waals surface area (Å²) in [6, 6.07) is 0. The van der Waals surface area contributed by atoms with E-state index in [1.807, 2.05) is 5.32 Å². The number of hydrogen-bond donors (Lipinski definition) is 4. The van der Waals surface area contributed by atoms with Crippen LogP contribution in [0.25, 0.3) is 11.6 Å². The van der Waals surface area contributed by atoms with Crippen LogP contribution in [0.1, 0.15) is 35.4 Å². The number of alkyl halides is 3. The Hall–Kier alpha value is -2.71. The van der Waals surface area contributed by atoms with Crippen LogP contribution in [-0.2, 0) is 11.3 Å². The Morgan fingerprint density at radius 2 is 1.92 bits per heavy atom. The average Bonchev–Trinajstić information content (AvgIpc) is 3.25. The van der Waals surface area contributed by atoms with Crippen molar-refractivity contribution in [3.63, 3.8) is 0 Å². The average molecular weight is 354 g/mol. The molecule has 0 radical (unpaired) electrons. The molecule has 1 fully saturated rings. The highest BCUT2D eigenvalue weighted by Gasteiger charge is 2.38. The van der Waals surface area contributed by atoms with E-state index in [-0.39, 0.29) is 12.1 Å². The first-order chi connectivity index (χ1) is 11.7. The van der Waals surface area contributed by atoms with E-state index in [0.717, 1.165) is 23.8 Å². The second kappa shape index (κ2) is 5.98. The molecule has 0 aliphatic heterocycles. The van der Waals surface area contributed by atoms with Crippen molar-refractivity contribution in [1.29, 1.82) is 0 Å². The molecule has 0 unspecified atom stereocenters. The number of amides is 1. The van der Waals surface area contributed by atoms with E-state index in [2.05, 4.69) is 15.2 Å². The molecule has 6 nitrogen and oxygen atoms in total. The maximum Gasteiger partial charge on any atom is 0.471 e. The third kappa shape index (κ3) is 3.40. The number of nitrogens with one attached hydrogen (secondary N) is 4. The molecular formula is C16H17F3N4O2. The van der Waals surface area contributed by atoms with Crippen LogP contribution in [0.4, 0.5) is 13.2 Å². The molecule has 0 atom stereocenters. The molecule has 1 saturated carbocycles. The summed E-state index contributed by atoms with van der Waals surface area (Å²) in [5.41, 5.74) is 3.42. The van der Waals surface area contributed by atoms with Gasteiger partial charge < -0.3 is 10.3 Å². The number of carbonyl (C=O) groups is 1. The largest absolute Gasteiger partial charge is 0.471 e. The minimum atomic E-state index is -4.91. The Balaban J connectivity index is 1.95. The first kappa shape index (κ1) is 17.1. The van der Waals surface area contributed by atoms with Gasteiger partial charge in [-0.25, -0.2) is 0 Å². The van der Waals surface area contributed by atoms with Gasteiger partial charge in [-0.05, 0) is 49.5 Å². The Morgan fingerprint density at radius 3 is 2.52 bits per heavy atom. The van der Waals surface area contributed by atoms with Crippen molar-refractivity contribution in [2.24, 2.45) is 0 Å². The predicted molar refractivity (Wildman–Crippen MR) is 85.0 cm³/mol. The minimum Gasteiger partial charge on any atom is -0.359 e. The fourth-order valence-electron chi connectivity index (χ4n) is 2.73. The SMILES string of the molecule is Cc1[nH]c(C=c2c(=O)[nH][nH]c2=C2CC2)c(C)c1CNC(=O)C(F)(F)F. The lowest BCUT2D eigenvalue weighted by molar-refractivity contribution is -0.173. The summed E-state index contributed by atoms with van der Waals surface area (Å²) in [7, 11) is 0. The molecular weight excluding hydrogens is 337 g/mol. The van der Waals surface area contributed by atoms with Crippen LogP contribution >= 0.6 is 0 Å². The molecule has 9 heteroatoms. The van der Waals surface area contributed by atoms with Gasteiger partial charge in [-0.1, -0.05) is 0 Å². The molecule has 0 saturated heterocycles. The van der Waals surface area contributed by atoms with Crippen LogP contribution in [0.5, 0.6) is 0 Å². The van der Waals surface area contributed by atoms with Crippen molar-refractivity contribution >= 4 is 17.6 Å². The van der Waals surface area contributed by atoms with Gasteiger partial charge in [0.15, 0.2) is 0 Å². The van der Waals surface area contributed by atoms with Crippen molar-refractivity contribution in [2.45, 2.75) is 39.4 Å². The molecule has 2 heterocycles. The van der Waals surface area contributed by atoms with Gasteiger partial charge in [0.2, 0.25) is 0 Å². The summed E-state index contributed by atoms with van der Waals surface area (Å²) < 4.78 is 36.9. The van der Waals surface area contributed by atoms with Gasteiger partial charge in [0.05, 0.1) is 10.6 Å². The van der Waals surface area contributed by atoms with Crippen LogP contribution in [-0.4, -0.2) is 27.3 Å². The van der Waals surface area contributed by atoms with E-state index in [1.54, 1.807) is 19.9 Å². The van der Waals surface area contributed by atoms with Gasteiger partial charge in [0.25, 0.3) is 5.56 Å². The molecule has 3 rings (SSSR count). The summed E-state index contributed by atoms with van der Waals surface area (Å²) in [5, 5.41) is 8.52. The van der Waals surface area contributed by atoms with Gasteiger partial charge in [-0.15, -0.1) is 0 Å². The molecule has 0 aromatic carbocycles. The zero-order chi connectivity index (χ0) is 18.4. The first-order valence-corrected chi connectivity index (χ1v) is 7.72. The summed E-state index contributed by atoms with van der Waals surface area (Å²) >= 11 is 0. The second-order valence-corrected chi connectivity index (χ2v) is 6.06. The highest BCUT2D eigenvalue weighted by Crippen LogP contribution is 2.26. The molecule has 2 aromatic rings. The van der Waals surface area contributed by atoms with Crippen LogP contribution in [0.3, 0.4) is 0 Å². The van der Waals surface area contributed by atoms with Gasteiger partial charge in [0.1, 0.15) is 0 Å². The summed E-state index contributed by atoms with van der Waals surface area (Å²) in [6.07, 6.45) is -1.37.